The van der Waals surface area contributed by atoms with E-state index in [1.54, 1.807) is 27.8 Å². The fourth-order valence-electron chi connectivity index (χ4n) is 3.57. The summed E-state index contributed by atoms with van der Waals surface area (Å²) < 4.78 is 1.57. The molecule has 0 aliphatic carbocycles. The Labute approximate surface area is 180 Å². The van der Waals surface area contributed by atoms with Crippen LogP contribution in [0.4, 0.5) is 5.69 Å². The molecule has 1 amide bonds. The Hall–Kier alpha value is -3.10. The summed E-state index contributed by atoms with van der Waals surface area (Å²) in [6.45, 7) is 0.670. The second kappa shape index (κ2) is 7.62. The summed E-state index contributed by atoms with van der Waals surface area (Å²) >= 11 is 7.29. The number of carbonyl (C=O) groups excluding carboxylic acids is 1. The summed E-state index contributed by atoms with van der Waals surface area (Å²) in [5.41, 5.74) is 2.96. The molecule has 9 heteroatoms. The zero-order valence-electron chi connectivity index (χ0n) is 15.7. The van der Waals surface area contributed by atoms with Crippen LogP contribution in [0.3, 0.4) is 0 Å². The number of para-hydroxylation sites is 1. The van der Waals surface area contributed by atoms with Crippen molar-refractivity contribution in [2.75, 3.05) is 17.2 Å². The quantitative estimate of drug-likeness (QED) is 0.390. The molecular weight excluding hydrogens is 422 g/mol. The maximum Gasteiger partial charge on any atom is 0.262 e. The maximum absolute atomic E-state index is 12.8. The Balaban J connectivity index is 1.41. The van der Waals surface area contributed by atoms with Crippen molar-refractivity contribution in [2.24, 2.45) is 0 Å². The van der Waals surface area contributed by atoms with Gasteiger partial charge in [0, 0.05) is 17.3 Å². The van der Waals surface area contributed by atoms with Gasteiger partial charge in [-0.15, -0.1) is 0 Å². The highest BCUT2D eigenvalue weighted by Gasteiger charge is 2.24. The van der Waals surface area contributed by atoms with E-state index < -0.39 is 0 Å². The Morgan fingerprint density at radius 2 is 2.07 bits per heavy atom. The van der Waals surface area contributed by atoms with Crippen molar-refractivity contribution in [3.8, 4) is 5.69 Å². The number of fused-ring (bicyclic) bond motifs is 2. The fraction of sp³-hybridized carbons (Fsp3) is 0.143. The number of aromatic amines is 1. The van der Waals surface area contributed by atoms with Gasteiger partial charge in [-0.1, -0.05) is 47.6 Å². The predicted molar refractivity (Wildman–Crippen MR) is 118 cm³/mol. The van der Waals surface area contributed by atoms with Gasteiger partial charge < -0.3 is 9.88 Å². The largest absolute Gasteiger partial charge is 0.311 e. The highest BCUT2D eigenvalue weighted by atomic mass is 35.5. The molecule has 1 aliphatic rings. The van der Waals surface area contributed by atoms with Crippen molar-refractivity contribution >= 4 is 46.0 Å². The molecule has 3 heterocycles. The van der Waals surface area contributed by atoms with Crippen LogP contribution in [0.5, 0.6) is 0 Å². The lowest BCUT2D eigenvalue weighted by Crippen LogP contribution is -2.30. The fourth-order valence-corrected chi connectivity index (χ4v) is 4.49. The van der Waals surface area contributed by atoms with Gasteiger partial charge in [0.2, 0.25) is 5.91 Å². The third-order valence-electron chi connectivity index (χ3n) is 4.99. The molecule has 150 valence electrons. The van der Waals surface area contributed by atoms with E-state index in [4.69, 9.17) is 11.6 Å². The van der Waals surface area contributed by atoms with E-state index in [0.717, 1.165) is 12.1 Å². The van der Waals surface area contributed by atoms with Gasteiger partial charge in [-0.25, -0.2) is 9.67 Å². The lowest BCUT2D eigenvalue weighted by Gasteiger charge is -2.16. The average molecular weight is 438 g/mol. The van der Waals surface area contributed by atoms with E-state index in [-0.39, 0.29) is 17.2 Å². The number of carbonyl (C=O) groups is 1. The first-order chi connectivity index (χ1) is 14.6. The second-order valence-electron chi connectivity index (χ2n) is 6.86. The van der Waals surface area contributed by atoms with Crippen LogP contribution in [0.1, 0.15) is 5.56 Å². The molecule has 2 aromatic heterocycles. The number of amides is 1. The highest BCUT2D eigenvalue weighted by Crippen LogP contribution is 2.28. The minimum atomic E-state index is -0.297. The number of nitrogens with zero attached hydrogens (tertiary/aromatic N) is 4. The van der Waals surface area contributed by atoms with Gasteiger partial charge in [-0.2, -0.15) is 5.10 Å². The molecule has 0 saturated heterocycles. The molecule has 5 rings (SSSR count). The van der Waals surface area contributed by atoms with E-state index in [2.05, 4.69) is 15.1 Å². The van der Waals surface area contributed by atoms with E-state index >= 15 is 0 Å². The average Bonchev–Trinajstić information content (AvgIpc) is 3.37. The molecule has 0 radical (unpaired) electrons. The Kier molecular flexibility index (Phi) is 4.80. The molecule has 2 aromatic carbocycles. The summed E-state index contributed by atoms with van der Waals surface area (Å²) in [5, 5.41) is 5.59. The summed E-state index contributed by atoms with van der Waals surface area (Å²) in [6, 6.07) is 15.1. The van der Waals surface area contributed by atoms with Gasteiger partial charge in [-0.3, -0.25) is 9.59 Å². The number of hydrogen-bond acceptors (Lipinski definition) is 5. The number of thioether (sulfide) groups is 1. The number of anilines is 1. The number of benzene rings is 2. The van der Waals surface area contributed by atoms with Crippen LogP contribution in [-0.2, 0) is 11.2 Å². The van der Waals surface area contributed by atoms with Crippen molar-refractivity contribution in [1.82, 2.24) is 19.7 Å². The molecule has 0 spiro atoms. The van der Waals surface area contributed by atoms with Crippen molar-refractivity contribution in [3.63, 3.8) is 0 Å². The van der Waals surface area contributed by atoms with Crippen LogP contribution in [0, 0.1) is 0 Å². The Bertz CT molecular complexity index is 1330. The minimum absolute atomic E-state index is 0.0176. The number of hydrogen-bond donors (Lipinski definition) is 1. The number of rotatable bonds is 4. The van der Waals surface area contributed by atoms with Gasteiger partial charge in [-0.05, 0) is 36.2 Å². The molecule has 0 atom stereocenters. The molecule has 0 saturated carbocycles. The summed E-state index contributed by atoms with van der Waals surface area (Å²) in [5.74, 6) is 0.157. The first kappa shape index (κ1) is 18.9. The highest BCUT2D eigenvalue weighted by molar-refractivity contribution is 7.99. The van der Waals surface area contributed by atoms with E-state index in [9.17, 15) is 9.59 Å². The topological polar surface area (TPSA) is 83.9 Å². The van der Waals surface area contributed by atoms with Crippen LogP contribution in [0.2, 0.25) is 5.02 Å². The van der Waals surface area contributed by atoms with Crippen LogP contribution in [0.15, 0.2) is 64.7 Å². The first-order valence-electron chi connectivity index (χ1n) is 9.35. The Morgan fingerprint density at radius 1 is 1.20 bits per heavy atom. The summed E-state index contributed by atoms with van der Waals surface area (Å²) in [7, 11) is 0. The molecule has 0 fully saturated rings. The standard InChI is InChI=1S/C21H16ClN5O2S/c22-14-5-3-6-15(10-14)27-19-16(11-23-27)20(29)25-21(24-19)30-12-18(28)26-9-8-13-4-1-2-7-17(13)26/h1-7,10-11H,8-9,12H2,(H,24,25,29). The normalized spacial score (nSPS) is 13.0. The number of H-pyrrole nitrogens is 1. The molecule has 1 N–H and O–H groups in total. The van der Waals surface area contributed by atoms with Gasteiger partial charge in [0.1, 0.15) is 5.39 Å². The van der Waals surface area contributed by atoms with Crippen molar-refractivity contribution < 1.29 is 4.79 Å². The van der Waals surface area contributed by atoms with Crippen molar-refractivity contribution in [1.29, 1.82) is 0 Å². The van der Waals surface area contributed by atoms with Gasteiger partial charge in [0.15, 0.2) is 10.8 Å². The smallest absolute Gasteiger partial charge is 0.262 e. The second-order valence-corrected chi connectivity index (χ2v) is 8.26. The minimum Gasteiger partial charge on any atom is -0.311 e. The van der Waals surface area contributed by atoms with Crippen LogP contribution >= 0.6 is 23.4 Å². The number of nitrogens with one attached hydrogen (secondary N) is 1. The van der Waals surface area contributed by atoms with Crippen molar-refractivity contribution in [2.45, 2.75) is 11.6 Å². The van der Waals surface area contributed by atoms with E-state index in [1.807, 2.05) is 30.3 Å². The molecule has 30 heavy (non-hydrogen) atoms. The third-order valence-corrected chi connectivity index (χ3v) is 6.08. The predicted octanol–water partition coefficient (Wildman–Crippen LogP) is 3.44. The first-order valence-corrected chi connectivity index (χ1v) is 10.7. The van der Waals surface area contributed by atoms with Crippen LogP contribution in [-0.4, -0.2) is 38.0 Å². The number of aromatic nitrogens is 4. The SMILES string of the molecule is O=C(CSc1nc2c(cnn2-c2cccc(Cl)c2)c(=O)[nH]1)N1CCc2ccccc21. The summed E-state index contributed by atoms with van der Waals surface area (Å²) in [4.78, 5) is 34.3. The molecule has 1 aliphatic heterocycles. The van der Waals surface area contributed by atoms with E-state index in [0.29, 0.717) is 33.4 Å². The zero-order valence-corrected chi connectivity index (χ0v) is 17.3. The zero-order chi connectivity index (χ0) is 20.7. The molecule has 7 nitrogen and oxygen atoms in total. The van der Waals surface area contributed by atoms with Crippen molar-refractivity contribution in [3.05, 3.63) is 75.7 Å². The van der Waals surface area contributed by atoms with E-state index in [1.165, 1.54) is 23.5 Å². The van der Waals surface area contributed by atoms with Crippen LogP contribution in [0.25, 0.3) is 16.7 Å². The number of halogens is 1. The van der Waals surface area contributed by atoms with Crippen LogP contribution < -0.4 is 10.5 Å². The summed E-state index contributed by atoms with van der Waals surface area (Å²) in [6.07, 6.45) is 2.33. The molecule has 0 bridgehead atoms. The lowest BCUT2D eigenvalue weighted by molar-refractivity contribution is -0.116. The monoisotopic (exact) mass is 437 g/mol. The molecule has 0 unspecified atom stereocenters. The van der Waals surface area contributed by atoms with Gasteiger partial charge in [0.05, 0.1) is 17.6 Å². The third kappa shape index (κ3) is 3.38. The Morgan fingerprint density at radius 3 is 2.93 bits per heavy atom. The van der Waals surface area contributed by atoms with Gasteiger partial charge in [0.25, 0.3) is 5.56 Å². The lowest BCUT2D eigenvalue weighted by atomic mass is 10.2. The van der Waals surface area contributed by atoms with Gasteiger partial charge >= 0.3 is 0 Å². The molecule has 4 aromatic rings. The molecular formula is C21H16ClN5O2S. The maximum atomic E-state index is 12.8.